The third-order valence-corrected chi connectivity index (χ3v) is 3.99. The first kappa shape index (κ1) is 15.0. The summed E-state index contributed by atoms with van der Waals surface area (Å²) in [6.45, 7) is 12.6. The van der Waals surface area contributed by atoms with Crippen molar-refractivity contribution in [1.29, 1.82) is 0 Å². The van der Waals surface area contributed by atoms with Gasteiger partial charge < -0.3 is 5.73 Å². The lowest BCUT2D eigenvalue weighted by atomic mass is 9.85. The molecule has 102 valence electrons. The summed E-state index contributed by atoms with van der Waals surface area (Å²) in [7, 11) is 0. The molecule has 0 aliphatic heterocycles. The zero-order chi connectivity index (χ0) is 12.9. The highest BCUT2D eigenvalue weighted by Crippen LogP contribution is 2.32. The van der Waals surface area contributed by atoms with E-state index in [4.69, 9.17) is 5.73 Å². The summed E-state index contributed by atoms with van der Waals surface area (Å²) in [5.41, 5.74) is 6.32. The minimum atomic E-state index is 0.328. The van der Waals surface area contributed by atoms with Crippen LogP contribution in [0.2, 0.25) is 0 Å². The Kier molecular flexibility index (Phi) is 5.94. The highest BCUT2D eigenvalue weighted by molar-refractivity contribution is 4.89. The Morgan fingerprint density at radius 2 is 2.00 bits per heavy atom. The summed E-state index contributed by atoms with van der Waals surface area (Å²) in [6, 6.07) is 0.872. The normalized spacial score (nSPS) is 19.9. The van der Waals surface area contributed by atoms with Crippen molar-refractivity contribution in [1.82, 2.24) is 4.90 Å². The van der Waals surface area contributed by atoms with Crippen LogP contribution in [0, 0.1) is 11.3 Å². The molecule has 17 heavy (non-hydrogen) atoms. The van der Waals surface area contributed by atoms with Crippen molar-refractivity contribution in [3.05, 3.63) is 0 Å². The van der Waals surface area contributed by atoms with Crippen molar-refractivity contribution >= 4 is 0 Å². The Balaban J connectivity index is 2.46. The van der Waals surface area contributed by atoms with E-state index in [2.05, 4.69) is 32.6 Å². The van der Waals surface area contributed by atoms with Crippen LogP contribution < -0.4 is 5.73 Å². The van der Waals surface area contributed by atoms with Gasteiger partial charge in [-0.1, -0.05) is 34.1 Å². The van der Waals surface area contributed by atoms with E-state index >= 15 is 0 Å². The van der Waals surface area contributed by atoms with E-state index in [-0.39, 0.29) is 0 Å². The summed E-state index contributed by atoms with van der Waals surface area (Å²) in [4.78, 5) is 2.71. The molecule has 0 radical (unpaired) electrons. The molecule has 1 aliphatic carbocycles. The zero-order valence-corrected chi connectivity index (χ0v) is 12.3. The van der Waals surface area contributed by atoms with Gasteiger partial charge in [-0.3, -0.25) is 4.90 Å². The van der Waals surface area contributed by atoms with Crippen LogP contribution in [-0.2, 0) is 0 Å². The molecule has 0 bridgehead atoms. The minimum absolute atomic E-state index is 0.328. The van der Waals surface area contributed by atoms with Crippen molar-refractivity contribution in [2.45, 2.75) is 65.8 Å². The van der Waals surface area contributed by atoms with Crippen LogP contribution in [0.15, 0.2) is 0 Å². The Hall–Kier alpha value is -0.0800. The Morgan fingerprint density at radius 3 is 2.41 bits per heavy atom. The van der Waals surface area contributed by atoms with Crippen molar-refractivity contribution in [3.8, 4) is 0 Å². The van der Waals surface area contributed by atoms with Crippen LogP contribution in [0.3, 0.4) is 0 Å². The van der Waals surface area contributed by atoms with Gasteiger partial charge in [0.1, 0.15) is 0 Å². The molecule has 0 amide bonds. The van der Waals surface area contributed by atoms with Crippen LogP contribution in [-0.4, -0.2) is 30.6 Å². The van der Waals surface area contributed by atoms with Crippen LogP contribution >= 0.6 is 0 Å². The molecule has 1 unspecified atom stereocenters. The quantitative estimate of drug-likeness (QED) is 0.670. The highest BCUT2D eigenvalue weighted by Gasteiger charge is 2.33. The largest absolute Gasteiger partial charge is 0.330 e. The first-order valence-electron chi connectivity index (χ1n) is 7.45. The van der Waals surface area contributed by atoms with Crippen LogP contribution in [0.1, 0.15) is 59.8 Å². The predicted octanol–water partition coefficient (Wildman–Crippen LogP) is 3.26. The van der Waals surface area contributed by atoms with Gasteiger partial charge in [-0.25, -0.2) is 0 Å². The second kappa shape index (κ2) is 6.75. The first-order valence-corrected chi connectivity index (χ1v) is 7.45. The topological polar surface area (TPSA) is 29.3 Å². The third-order valence-electron chi connectivity index (χ3n) is 3.99. The molecule has 0 aromatic heterocycles. The molecule has 0 saturated heterocycles. The summed E-state index contributed by atoms with van der Waals surface area (Å²) >= 11 is 0. The van der Waals surface area contributed by atoms with E-state index in [0.717, 1.165) is 18.5 Å². The molecule has 2 N–H and O–H groups in total. The van der Waals surface area contributed by atoms with E-state index in [1.54, 1.807) is 0 Å². The van der Waals surface area contributed by atoms with E-state index in [9.17, 15) is 0 Å². The highest BCUT2D eigenvalue weighted by atomic mass is 15.2. The van der Waals surface area contributed by atoms with Gasteiger partial charge in [0.2, 0.25) is 0 Å². The average molecular weight is 240 g/mol. The monoisotopic (exact) mass is 240 g/mol. The molecule has 1 atom stereocenters. The smallest absolute Gasteiger partial charge is 0.00966 e. The van der Waals surface area contributed by atoms with Crippen molar-refractivity contribution < 1.29 is 0 Å². The summed E-state index contributed by atoms with van der Waals surface area (Å²) < 4.78 is 0. The molecule has 1 aliphatic rings. The maximum Gasteiger partial charge on any atom is 0.00966 e. The maximum absolute atomic E-state index is 5.99. The van der Waals surface area contributed by atoms with Gasteiger partial charge >= 0.3 is 0 Å². The van der Waals surface area contributed by atoms with Crippen molar-refractivity contribution in [2.24, 2.45) is 17.1 Å². The SMILES string of the molecule is CCCC(C)(CN)CN(CCC(C)C)C1CC1. The molecule has 1 saturated carbocycles. The summed E-state index contributed by atoms with van der Waals surface area (Å²) in [6.07, 6.45) is 6.64. The van der Waals surface area contributed by atoms with E-state index in [1.807, 2.05) is 0 Å². The summed E-state index contributed by atoms with van der Waals surface area (Å²) in [5, 5.41) is 0. The molecule has 2 nitrogen and oxygen atoms in total. The van der Waals surface area contributed by atoms with Crippen molar-refractivity contribution in [2.75, 3.05) is 19.6 Å². The van der Waals surface area contributed by atoms with Crippen molar-refractivity contribution in [3.63, 3.8) is 0 Å². The lowest BCUT2D eigenvalue weighted by molar-refractivity contribution is 0.145. The summed E-state index contributed by atoms with van der Waals surface area (Å²) in [5.74, 6) is 0.812. The number of hydrogen-bond donors (Lipinski definition) is 1. The van der Waals surface area contributed by atoms with E-state index in [1.165, 1.54) is 45.2 Å². The molecule has 0 aromatic rings. The Morgan fingerprint density at radius 1 is 1.35 bits per heavy atom. The fourth-order valence-corrected chi connectivity index (χ4v) is 2.59. The fourth-order valence-electron chi connectivity index (χ4n) is 2.59. The zero-order valence-electron chi connectivity index (χ0n) is 12.3. The average Bonchev–Trinajstić information content (AvgIpc) is 3.08. The number of rotatable bonds is 9. The first-order chi connectivity index (χ1) is 8.00. The molecule has 0 spiro atoms. The molecule has 1 fully saturated rings. The molecule has 0 aromatic carbocycles. The van der Waals surface area contributed by atoms with Gasteiger partial charge in [0.15, 0.2) is 0 Å². The minimum Gasteiger partial charge on any atom is -0.330 e. The maximum atomic E-state index is 5.99. The molecule has 2 heteroatoms. The number of nitrogens with zero attached hydrogens (tertiary/aromatic N) is 1. The van der Waals surface area contributed by atoms with Crippen LogP contribution in [0.25, 0.3) is 0 Å². The van der Waals surface area contributed by atoms with Gasteiger partial charge in [0, 0.05) is 12.6 Å². The van der Waals surface area contributed by atoms with Gasteiger partial charge in [-0.05, 0) is 50.1 Å². The Bertz CT molecular complexity index is 211. The lowest BCUT2D eigenvalue weighted by Crippen LogP contribution is -2.42. The fraction of sp³-hybridized carbons (Fsp3) is 1.00. The molecular weight excluding hydrogens is 208 g/mol. The van der Waals surface area contributed by atoms with Gasteiger partial charge in [-0.2, -0.15) is 0 Å². The van der Waals surface area contributed by atoms with Gasteiger partial charge in [0.25, 0.3) is 0 Å². The van der Waals surface area contributed by atoms with E-state index in [0.29, 0.717) is 5.41 Å². The van der Waals surface area contributed by atoms with Gasteiger partial charge in [-0.15, -0.1) is 0 Å². The second-order valence-electron chi connectivity index (χ2n) is 6.65. The lowest BCUT2D eigenvalue weighted by Gasteiger charge is -2.35. The van der Waals surface area contributed by atoms with Gasteiger partial charge in [0.05, 0.1) is 0 Å². The number of nitrogens with two attached hydrogens (primary N) is 1. The predicted molar refractivity (Wildman–Crippen MR) is 76.1 cm³/mol. The molecular formula is C15H32N2. The third kappa shape index (κ3) is 5.39. The number of hydrogen-bond acceptors (Lipinski definition) is 2. The van der Waals surface area contributed by atoms with Crippen LogP contribution in [0.5, 0.6) is 0 Å². The standard InChI is InChI=1S/C15H32N2/c1-5-9-15(4,11-16)12-17(14-6-7-14)10-8-13(2)3/h13-14H,5-12,16H2,1-4H3. The van der Waals surface area contributed by atoms with Crippen LogP contribution in [0.4, 0.5) is 0 Å². The Labute approximate surface area is 108 Å². The molecule has 1 rings (SSSR count). The second-order valence-corrected chi connectivity index (χ2v) is 6.65. The molecule has 0 heterocycles. The van der Waals surface area contributed by atoms with E-state index < -0.39 is 0 Å².